The Morgan fingerprint density at radius 3 is 1.31 bits per heavy atom. The summed E-state index contributed by atoms with van der Waals surface area (Å²) in [5, 5.41) is 28.6. The highest BCUT2D eigenvalue weighted by Crippen LogP contribution is 2.31. The van der Waals surface area contributed by atoms with Crippen molar-refractivity contribution in [2.75, 3.05) is 26.2 Å². The average molecular weight is 649 g/mol. The Morgan fingerprint density at radius 2 is 1.04 bits per heavy atom. The van der Waals surface area contributed by atoms with E-state index >= 15 is 0 Å². The number of carbonyl (C=O) groups is 2. The van der Waals surface area contributed by atoms with Crippen LogP contribution in [0.15, 0.2) is 53.0 Å². The summed E-state index contributed by atoms with van der Waals surface area (Å²) >= 11 is 0. The Labute approximate surface area is 249 Å². The predicted octanol–water partition coefficient (Wildman–Crippen LogP) is 5.70. The van der Waals surface area contributed by atoms with Crippen LogP contribution in [0.1, 0.15) is 24.0 Å². The minimum Gasteiger partial charge on any atom is -0.475 e. The number of halogens is 8. The Bertz CT molecular complexity index is 1470. The molecule has 3 heterocycles. The Kier molecular flexibility index (Phi) is 11.5. The number of hydrogen-bond donors (Lipinski definition) is 4. The number of rotatable bonds is 4. The molecular formula is C28H24F8N4O5. The summed E-state index contributed by atoms with van der Waals surface area (Å²) in [7, 11) is 0. The first kappa shape index (κ1) is 34.8. The maximum Gasteiger partial charge on any atom is 0.490 e. The van der Waals surface area contributed by atoms with Gasteiger partial charge in [-0.05, 0) is 72.5 Å². The molecule has 4 N–H and O–H groups in total. The van der Waals surface area contributed by atoms with E-state index in [1.807, 2.05) is 12.1 Å². The van der Waals surface area contributed by atoms with Gasteiger partial charge in [-0.3, -0.25) is 0 Å². The lowest BCUT2D eigenvalue weighted by molar-refractivity contribution is -0.193. The van der Waals surface area contributed by atoms with Crippen molar-refractivity contribution in [3.8, 4) is 22.9 Å². The molecule has 0 bridgehead atoms. The lowest BCUT2D eigenvalue weighted by atomic mass is 9.98. The zero-order valence-electron chi connectivity index (χ0n) is 22.9. The van der Waals surface area contributed by atoms with Gasteiger partial charge in [-0.1, -0.05) is 24.3 Å². The van der Waals surface area contributed by atoms with Gasteiger partial charge in [0.15, 0.2) is 0 Å². The number of aliphatic carboxylic acids is 2. The zero-order valence-corrected chi connectivity index (χ0v) is 22.9. The van der Waals surface area contributed by atoms with Gasteiger partial charge < -0.3 is 25.3 Å². The number of alkyl halides is 6. The van der Waals surface area contributed by atoms with Crippen LogP contribution < -0.4 is 10.6 Å². The van der Waals surface area contributed by atoms with Crippen LogP contribution >= 0.6 is 0 Å². The molecule has 0 unspecified atom stereocenters. The number of benzene rings is 2. The van der Waals surface area contributed by atoms with E-state index in [1.54, 1.807) is 12.1 Å². The molecule has 0 amide bonds. The van der Waals surface area contributed by atoms with Gasteiger partial charge in [0.2, 0.25) is 0 Å². The quantitative estimate of drug-likeness (QED) is 0.263. The molecule has 17 heteroatoms. The van der Waals surface area contributed by atoms with Crippen molar-refractivity contribution in [3.63, 3.8) is 0 Å². The van der Waals surface area contributed by atoms with E-state index in [4.69, 9.17) is 24.2 Å². The number of nitrogens with one attached hydrogen (secondary N) is 2. The van der Waals surface area contributed by atoms with Gasteiger partial charge in [-0.15, -0.1) is 10.2 Å². The molecule has 2 aliphatic heterocycles. The number of hydrogen-bond acceptors (Lipinski definition) is 7. The maximum absolute atomic E-state index is 14.8. The van der Waals surface area contributed by atoms with Gasteiger partial charge in [0.05, 0.1) is 11.1 Å². The van der Waals surface area contributed by atoms with Crippen molar-refractivity contribution in [1.29, 1.82) is 0 Å². The second kappa shape index (κ2) is 14.9. The fraction of sp³-hybridized carbons (Fsp3) is 0.286. The highest BCUT2D eigenvalue weighted by Gasteiger charge is 2.38. The van der Waals surface area contributed by atoms with Crippen LogP contribution in [0.5, 0.6) is 0 Å². The molecule has 2 aliphatic rings. The standard InChI is InChI=1S/C24H22F2N4O.2C2HF3O2/c25-21-13-17(15-5-9-27-10-6-15)1-3-19(21)23-29-30-24(31-23)20-4-2-18(14-22(20)26)16-7-11-28-12-8-16;2*3-2(4,5)1(6)7/h1-5,7,13-14,27-28H,6,8-12H2;2*(H,6,7). The Morgan fingerprint density at radius 1 is 0.689 bits per heavy atom. The van der Waals surface area contributed by atoms with Crippen molar-refractivity contribution in [3.05, 3.63) is 71.3 Å². The number of carboxylic acid groups (broad SMARTS) is 2. The van der Waals surface area contributed by atoms with Crippen molar-refractivity contribution in [2.45, 2.75) is 25.2 Å². The summed E-state index contributed by atoms with van der Waals surface area (Å²) < 4.78 is 98.7. The van der Waals surface area contributed by atoms with E-state index in [0.717, 1.165) is 61.3 Å². The first-order valence-electron chi connectivity index (χ1n) is 12.9. The largest absolute Gasteiger partial charge is 0.490 e. The van der Waals surface area contributed by atoms with Crippen molar-refractivity contribution >= 4 is 23.1 Å². The van der Waals surface area contributed by atoms with E-state index in [9.17, 15) is 35.1 Å². The van der Waals surface area contributed by atoms with E-state index < -0.39 is 35.9 Å². The topological polar surface area (TPSA) is 138 Å². The normalized spacial score (nSPS) is 15.0. The van der Waals surface area contributed by atoms with Gasteiger partial charge in [0.1, 0.15) is 11.6 Å². The van der Waals surface area contributed by atoms with E-state index in [1.165, 1.54) is 12.1 Å². The van der Waals surface area contributed by atoms with Crippen LogP contribution in [-0.4, -0.2) is 70.9 Å². The molecule has 0 spiro atoms. The molecule has 45 heavy (non-hydrogen) atoms. The smallest absolute Gasteiger partial charge is 0.475 e. The third-order valence-corrected chi connectivity index (χ3v) is 6.18. The van der Waals surface area contributed by atoms with Crippen LogP contribution in [0.3, 0.4) is 0 Å². The summed E-state index contributed by atoms with van der Waals surface area (Å²) in [6.45, 7) is 3.32. The molecule has 0 saturated carbocycles. The van der Waals surface area contributed by atoms with Crippen LogP contribution in [-0.2, 0) is 9.59 Å². The lowest BCUT2D eigenvalue weighted by Crippen LogP contribution is -2.21. The fourth-order valence-electron chi connectivity index (χ4n) is 3.99. The van der Waals surface area contributed by atoms with Crippen LogP contribution in [0.25, 0.3) is 34.1 Å². The highest BCUT2D eigenvalue weighted by atomic mass is 19.4. The van der Waals surface area contributed by atoms with Gasteiger partial charge >= 0.3 is 24.3 Å². The first-order valence-corrected chi connectivity index (χ1v) is 12.9. The van der Waals surface area contributed by atoms with E-state index in [-0.39, 0.29) is 22.9 Å². The maximum atomic E-state index is 14.8. The van der Waals surface area contributed by atoms with Crippen LogP contribution in [0.4, 0.5) is 35.1 Å². The zero-order chi connectivity index (χ0) is 33.4. The van der Waals surface area contributed by atoms with Crippen molar-refractivity contribution < 1.29 is 59.3 Å². The van der Waals surface area contributed by atoms with E-state index in [0.29, 0.717) is 0 Å². The number of carboxylic acids is 2. The number of nitrogens with zero attached hydrogens (tertiary/aromatic N) is 2. The fourth-order valence-corrected chi connectivity index (χ4v) is 3.99. The monoisotopic (exact) mass is 648 g/mol. The van der Waals surface area contributed by atoms with Crippen LogP contribution in [0.2, 0.25) is 0 Å². The molecule has 242 valence electrons. The molecule has 0 radical (unpaired) electrons. The predicted molar refractivity (Wildman–Crippen MR) is 143 cm³/mol. The molecule has 5 rings (SSSR count). The SMILES string of the molecule is Fc1cc(C2=CCNCC2)ccc1-c1nnc(-c2ccc(C3=CCNCC3)cc2F)o1.O=C(O)C(F)(F)F.O=C(O)C(F)(F)F. The van der Waals surface area contributed by atoms with Crippen molar-refractivity contribution in [1.82, 2.24) is 20.8 Å². The molecular weight excluding hydrogens is 624 g/mol. The van der Waals surface area contributed by atoms with Crippen LogP contribution in [0, 0.1) is 11.6 Å². The second-order valence-corrected chi connectivity index (χ2v) is 9.27. The lowest BCUT2D eigenvalue weighted by Gasteiger charge is -2.14. The third kappa shape index (κ3) is 9.94. The van der Waals surface area contributed by atoms with E-state index in [2.05, 4.69) is 33.0 Å². The first-order chi connectivity index (χ1) is 21.1. The molecule has 9 nitrogen and oxygen atoms in total. The summed E-state index contributed by atoms with van der Waals surface area (Å²) in [4.78, 5) is 17.8. The molecule has 0 aliphatic carbocycles. The van der Waals surface area contributed by atoms with Crippen molar-refractivity contribution in [2.24, 2.45) is 0 Å². The summed E-state index contributed by atoms with van der Waals surface area (Å²) in [6.07, 6.45) is -4.33. The third-order valence-electron chi connectivity index (χ3n) is 6.18. The molecule has 3 aromatic rings. The van der Waals surface area contributed by atoms with Gasteiger partial charge in [-0.25, -0.2) is 18.4 Å². The van der Waals surface area contributed by atoms with Gasteiger partial charge in [0, 0.05) is 13.1 Å². The average Bonchev–Trinajstić information content (AvgIpc) is 3.47. The number of aromatic nitrogens is 2. The minimum absolute atomic E-state index is 0.0304. The Balaban J connectivity index is 0.000000331. The molecule has 2 aromatic carbocycles. The summed E-state index contributed by atoms with van der Waals surface area (Å²) in [5.74, 6) is -6.34. The molecule has 0 fully saturated rings. The molecule has 0 saturated heterocycles. The summed E-state index contributed by atoms with van der Waals surface area (Å²) in [5.41, 5.74) is 4.32. The minimum atomic E-state index is -5.08. The Hall–Kier alpha value is -4.64. The van der Waals surface area contributed by atoms with Gasteiger partial charge in [-0.2, -0.15) is 26.3 Å². The summed E-state index contributed by atoms with van der Waals surface area (Å²) in [6, 6.07) is 9.93. The second-order valence-electron chi connectivity index (χ2n) is 9.27. The van der Waals surface area contributed by atoms with Gasteiger partial charge in [0.25, 0.3) is 11.8 Å². The highest BCUT2D eigenvalue weighted by molar-refractivity contribution is 5.73. The molecule has 0 atom stereocenters. The molecule has 1 aromatic heterocycles.